The zero-order valence-electron chi connectivity index (χ0n) is 10.7. The maximum atomic E-state index is 9.69. The van der Waals surface area contributed by atoms with E-state index < -0.39 is 0 Å². The molecule has 17 heavy (non-hydrogen) atoms. The molecule has 1 aromatic carbocycles. The molecule has 0 bridgehead atoms. The molecule has 1 saturated heterocycles. The van der Waals surface area contributed by atoms with Crippen LogP contribution in [-0.2, 0) is 0 Å². The summed E-state index contributed by atoms with van der Waals surface area (Å²) < 4.78 is 0. The number of benzene rings is 1. The molecule has 2 rings (SSSR count). The number of hydrogen-bond acceptors (Lipinski definition) is 3. The lowest BCUT2D eigenvalue weighted by atomic mass is 9.89. The lowest BCUT2D eigenvalue weighted by Crippen LogP contribution is -2.54. The van der Waals surface area contributed by atoms with Gasteiger partial charge in [-0.1, -0.05) is 17.7 Å². The zero-order valence-corrected chi connectivity index (χ0v) is 10.7. The molecule has 1 aromatic rings. The molecule has 0 aromatic heterocycles. The van der Waals surface area contributed by atoms with Gasteiger partial charge in [-0.2, -0.15) is 0 Å². The summed E-state index contributed by atoms with van der Waals surface area (Å²) >= 11 is 0. The van der Waals surface area contributed by atoms with E-state index in [1.54, 1.807) is 0 Å². The summed E-state index contributed by atoms with van der Waals surface area (Å²) in [7, 11) is 2.11. The molecule has 0 radical (unpaired) electrons. The van der Waals surface area contributed by atoms with Crippen LogP contribution in [0.3, 0.4) is 0 Å². The van der Waals surface area contributed by atoms with Gasteiger partial charge in [-0.15, -0.1) is 0 Å². The van der Waals surface area contributed by atoms with Crippen molar-refractivity contribution in [1.29, 1.82) is 0 Å². The van der Waals surface area contributed by atoms with Crippen molar-refractivity contribution in [2.45, 2.75) is 25.3 Å². The summed E-state index contributed by atoms with van der Waals surface area (Å²) in [5.41, 5.74) is 2.18. The molecule has 1 heterocycles. The molecule has 0 spiro atoms. The van der Waals surface area contributed by atoms with Crippen molar-refractivity contribution < 1.29 is 5.11 Å². The van der Waals surface area contributed by atoms with Crippen LogP contribution >= 0.6 is 0 Å². The van der Waals surface area contributed by atoms with Gasteiger partial charge in [-0.25, -0.2) is 0 Å². The monoisotopic (exact) mass is 234 g/mol. The van der Waals surface area contributed by atoms with Crippen molar-refractivity contribution in [1.82, 2.24) is 4.90 Å². The number of likely N-dealkylation sites (N-methyl/N-ethyl adjacent to an activating group) is 1. The molecule has 1 fully saturated rings. The Labute approximate surface area is 103 Å². The smallest absolute Gasteiger partial charge is 0.0730 e. The van der Waals surface area contributed by atoms with Gasteiger partial charge in [-0.05, 0) is 45.5 Å². The number of piperidine rings is 1. The number of hydrogen-bond donors (Lipinski definition) is 2. The molecule has 2 N–H and O–H groups in total. The van der Waals surface area contributed by atoms with E-state index in [4.69, 9.17) is 0 Å². The molecule has 0 saturated carbocycles. The second-order valence-electron chi connectivity index (χ2n) is 5.27. The average molecular weight is 234 g/mol. The standard InChI is InChI=1S/C14H22N2O/c1-12-4-6-13(7-5-12)15-14(11-17)8-3-9-16(2)10-14/h4-7,15,17H,3,8-11H2,1-2H3. The number of anilines is 1. The maximum absolute atomic E-state index is 9.69. The first-order valence-electron chi connectivity index (χ1n) is 6.28. The summed E-state index contributed by atoms with van der Waals surface area (Å²) in [4.78, 5) is 2.28. The van der Waals surface area contributed by atoms with Crippen LogP contribution in [0.4, 0.5) is 5.69 Å². The third-order valence-electron chi connectivity index (χ3n) is 3.53. The lowest BCUT2D eigenvalue weighted by Gasteiger charge is -2.41. The molecule has 3 nitrogen and oxygen atoms in total. The Morgan fingerprint density at radius 1 is 1.35 bits per heavy atom. The number of aliphatic hydroxyl groups excluding tert-OH is 1. The second-order valence-corrected chi connectivity index (χ2v) is 5.27. The first-order valence-corrected chi connectivity index (χ1v) is 6.28. The van der Waals surface area contributed by atoms with Gasteiger partial charge >= 0.3 is 0 Å². The highest BCUT2D eigenvalue weighted by atomic mass is 16.3. The highest BCUT2D eigenvalue weighted by Crippen LogP contribution is 2.25. The fourth-order valence-electron chi connectivity index (χ4n) is 2.58. The van der Waals surface area contributed by atoms with Crippen LogP contribution < -0.4 is 5.32 Å². The van der Waals surface area contributed by atoms with Crippen LogP contribution in [-0.4, -0.2) is 42.3 Å². The maximum Gasteiger partial charge on any atom is 0.0730 e. The first-order chi connectivity index (χ1) is 8.13. The van der Waals surface area contributed by atoms with Crippen molar-refractivity contribution in [3.8, 4) is 0 Å². The third-order valence-corrected chi connectivity index (χ3v) is 3.53. The number of nitrogens with zero attached hydrogens (tertiary/aromatic N) is 1. The van der Waals surface area contributed by atoms with E-state index in [0.717, 1.165) is 31.6 Å². The Balaban J connectivity index is 2.10. The van der Waals surface area contributed by atoms with Gasteiger partial charge in [0.05, 0.1) is 12.1 Å². The fourth-order valence-corrected chi connectivity index (χ4v) is 2.58. The van der Waals surface area contributed by atoms with Crippen molar-refractivity contribution in [3.05, 3.63) is 29.8 Å². The number of nitrogens with one attached hydrogen (secondary N) is 1. The molecular formula is C14H22N2O. The van der Waals surface area contributed by atoms with Gasteiger partial charge in [0.1, 0.15) is 0 Å². The Morgan fingerprint density at radius 2 is 2.06 bits per heavy atom. The largest absolute Gasteiger partial charge is 0.394 e. The van der Waals surface area contributed by atoms with Crippen LogP contribution in [0.25, 0.3) is 0 Å². The molecule has 3 heteroatoms. The minimum absolute atomic E-state index is 0.178. The van der Waals surface area contributed by atoms with Gasteiger partial charge in [0, 0.05) is 12.2 Å². The molecule has 94 valence electrons. The van der Waals surface area contributed by atoms with Gasteiger partial charge in [0.2, 0.25) is 0 Å². The highest BCUT2D eigenvalue weighted by molar-refractivity contribution is 5.47. The summed E-state index contributed by atoms with van der Waals surface area (Å²) in [6, 6.07) is 8.36. The molecule has 1 aliphatic heterocycles. The Morgan fingerprint density at radius 3 is 2.65 bits per heavy atom. The van der Waals surface area contributed by atoms with E-state index in [1.807, 2.05) is 0 Å². The Hall–Kier alpha value is -1.06. The molecule has 0 amide bonds. The normalized spacial score (nSPS) is 25.8. The van der Waals surface area contributed by atoms with E-state index in [1.165, 1.54) is 5.56 Å². The average Bonchev–Trinajstić information content (AvgIpc) is 2.32. The molecule has 1 aliphatic rings. The fraction of sp³-hybridized carbons (Fsp3) is 0.571. The van der Waals surface area contributed by atoms with Crippen molar-refractivity contribution in [2.24, 2.45) is 0 Å². The first kappa shape index (κ1) is 12.4. The number of aryl methyl sites for hydroxylation is 1. The number of likely N-dealkylation sites (tertiary alicyclic amines) is 1. The van der Waals surface area contributed by atoms with Crippen LogP contribution in [0.15, 0.2) is 24.3 Å². The predicted octanol–water partition coefficient (Wildman–Crippen LogP) is 1.86. The van der Waals surface area contributed by atoms with E-state index in [9.17, 15) is 5.11 Å². The zero-order chi connectivity index (χ0) is 12.3. The highest BCUT2D eigenvalue weighted by Gasteiger charge is 2.33. The van der Waals surface area contributed by atoms with Crippen LogP contribution in [0, 0.1) is 6.92 Å². The summed E-state index contributed by atoms with van der Waals surface area (Å²) in [6.07, 6.45) is 2.16. The molecule has 0 aliphatic carbocycles. The van der Waals surface area contributed by atoms with Crippen LogP contribution in [0.1, 0.15) is 18.4 Å². The molecule has 1 atom stereocenters. The topological polar surface area (TPSA) is 35.5 Å². The number of rotatable bonds is 3. The Kier molecular flexibility index (Phi) is 3.69. The van der Waals surface area contributed by atoms with E-state index >= 15 is 0 Å². The van der Waals surface area contributed by atoms with Gasteiger partial charge in [-0.3, -0.25) is 0 Å². The van der Waals surface area contributed by atoms with Crippen LogP contribution in [0.2, 0.25) is 0 Å². The van der Waals surface area contributed by atoms with Gasteiger partial charge in [0.15, 0.2) is 0 Å². The van der Waals surface area contributed by atoms with Gasteiger partial charge < -0.3 is 15.3 Å². The predicted molar refractivity (Wildman–Crippen MR) is 71.3 cm³/mol. The summed E-state index contributed by atoms with van der Waals surface area (Å²) in [6.45, 7) is 4.29. The SMILES string of the molecule is Cc1ccc(NC2(CO)CCCN(C)C2)cc1. The van der Waals surface area contributed by atoms with Crippen molar-refractivity contribution in [3.63, 3.8) is 0 Å². The minimum Gasteiger partial charge on any atom is -0.394 e. The molecular weight excluding hydrogens is 212 g/mol. The number of aliphatic hydroxyl groups is 1. The third kappa shape index (κ3) is 2.99. The van der Waals surface area contributed by atoms with Crippen LogP contribution in [0.5, 0.6) is 0 Å². The molecule has 1 unspecified atom stereocenters. The quantitative estimate of drug-likeness (QED) is 0.838. The Bertz CT molecular complexity index is 363. The van der Waals surface area contributed by atoms with Crippen molar-refractivity contribution >= 4 is 5.69 Å². The summed E-state index contributed by atoms with van der Waals surface area (Å²) in [5.74, 6) is 0. The van der Waals surface area contributed by atoms with E-state index in [2.05, 4.69) is 48.5 Å². The van der Waals surface area contributed by atoms with Crippen molar-refractivity contribution in [2.75, 3.05) is 32.1 Å². The van der Waals surface area contributed by atoms with E-state index in [0.29, 0.717) is 0 Å². The second kappa shape index (κ2) is 5.07. The lowest BCUT2D eigenvalue weighted by molar-refractivity contribution is 0.124. The minimum atomic E-state index is -0.178. The van der Waals surface area contributed by atoms with E-state index in [-0.39, 0.29) is 12.1 Å². The van der Waals surface area contributed by atoms with Gasteiger partial charge in [0.25, 0.3) is 0 Å². The summed E-state index contributed by atoms with van der Waals surface area (Å²) in [5, 5.41) is 13.2.